The Kier molecular flexibility index (Phi) is 8.14. The van der Waals surface area contributed by atoms with Gasteiger partial charge >= 0.3 is 5.97 Å². The van der Waals surface area contributed by atoms with E-state index in [9.17, 15) is 9.59 Å². The summed E-state index contributed by atoms with van der Waals surface area (Å²) in [6, 6.07) is 14.1. The van der Waals surface area contributed by atoms with Crippen molar-refractivity contribution in [1.29, 1.82) is 0 Å². The van der Waals surface area contributed by atoms with Crippen LogP contribution < -0.4 is 10.1 Å². The monoisotopic (exact) mass is 389 g/mol. The van der Waals surface area contributed by atoms with Crippen molar-refractivity contribution in [2.45, 2.75) is 39.3 Å². The third-order valence-electron chi connectivity index (χ3n) is 3.88. The second-order valence-corrected chi connectivity index (χ2v) is 6.68. The second kappa shape index (κ2) is 10.6. The van der Waals surface area contributed by atoms with Crippen LogP contribution in [0.25, 0.3) is 0 Å². The Bertz CT molecular complexity index is 761. The lowest BCUT2D eigenvalue weighted by molar-refractivity contribution is -0.124. The molecule has 0 spiro atoms. The van der Waals surface area contributed by atoms with Crippen molar-refractivity contribution in [3.8, 4) is 5.75 Å². The molecule has 2 aromatic rings. The first-order chi connectivity index (χ1) is 13.0. The van der Waals surface area contributed by atoms with E-state index in [0.717, 1.165) is 18.4 Å². The summed E-state index contributed by atoms with van der Waals surface area (Å²) in [5.74, 6) is -0.513. The molecule has 0 bridgehead atoms. The molecule has 2 aromatic carbocycles. The van der Waals surface area contributed by atoms with E-state index in [4.69, 9.17) is 21.1 Å². The zero-order chi connectivity index (χ0) is 19.6. The van der Waals surface area contributed by atoms with Gasteiger partial charge in [-0.15, -0.1) is 0 Å². The molecule has 0 saturated heterocycles. The highest BCUT2D eigenvalue weighted by atomic mass is 35.5. The van der Waals surface area contributed by atoms with Crippen LogP contribution in [0.5, 0.6) is 5.75 Å². The highest BCUT2D eigenvalue weighted by molar-refractivity contribution is 6.30. The number of carbonyl (C=O) groups excluding carboxylic acids is 2. The minimum Gasteiger partial charge on any atom is -0.488 e. The number of halogens is 1. The summed E-state index contributed by atoms with van der Waals surface area (Å²) >= 11 is 5.87. The van der Waals surface area contributed by atoms with Crippen LogP contribution in [0.3, 0.4) is 0 Å². The first kappa shape index (κ1) is 20.8. The first-order valence-electron chi connectivity index (χ1n) is 8.92. The molecule has 1 atom stereocenters. The Morgan fingerprint density at radius 1 is 1.11 bits per heavy atom. The molecule has 1 unspecified atom stereocenters. The molecule has 0 aliphatic rings. The number of ether oxygens (including phenoxy) is 2. The molecule has 0 fully saturated rings. The lowest BCUT2D eigenvalue weighted by Crippen LogP contribution is -2.35. The van der Waals surface area contributed by atoms with Crippen molar-refractivity contribution in [3.05, 3.63) is 64.7 Å². The van der Waals surface area contributed by atoms with Crippen molar-refractivity contribution < 1.29 is 19.1 Å². The number of benzene rings is 2. The van der Waals surface area contributed by atoms with Crippen LogP contribution >= 0.6 is 11.6 Å². The lowest BCUT2D eigenvalue weighted by Gasteiger charge is -2.14. The summed E-state index contributed by atoms with van der Waals surface area (Å²) in [4.78, 5) is 24.2. The van der Waals surface area contributed by atoms with E-state index in [-0.39, 0.29) is 30.7 Å². The van der Waals surface area contributed by atoms with Gasteiger partial charge in [-0.3, -0.25) is 4.79 Å². The van der Waals surface area contributed by atoms with E-state index >= 15 is 0 Å². The van der Waals surface area contributed by atoms with E-state index in [2.05, 4.69) is 5.32 Å². The zero-order valence-electron chi connectivity index (χ0n) is 15.5. The van der Waals surface area contributed by atoms with Crippen LogP contribution in [0.2, 0.25) is 5.02 Å². The molecule has 0 saturated carbocycles. The fourth-order valence-electron chi connectivity index (χ4n) is 2.53. The van der Waals surface area contributed by atoms with Gasteiger partial charge < -0.3 is 14.8 Å². The van der Waals surface area contributed by atoms with Crippen LogP contribution in [-0.2, 0) is 16.1 Å². The quantitative estimate of drug-likeness (QED) is 0.646. The molecule has 0 aromatic heterocycles. The fourth-order valence-corrected chi connectivity index (χ4v) is 2.66. The molecule has 1 N–H and O–H groups in total. The molecular weight excluding hydrogens is 366 g/mol. The molecule has 144 valence electrons. The fraction of sp³-hybridized carbons (Fsp3) is 0.333. The normalized spacial score (nSPS) is 11.5. The van der Waals surface area contributed by atoms with E-state index in [0.29, 0.717) is 10.8 Å². The molecule has 2 rings (SSSR count). The molecule has 0 radical (unpaired) electrons. The molecule has 5 nitrogen and oxygen atoms in total. The van der Waals surface area contributed by atoms with Crippen molar-refractivity contribution in [3.63, 3.8) is 0 Å². The summed E-state index contributed by atoms with van der Waals surface area (Å²) < 4.78 is 10.9. The number of nitrogens with one attached hydrogen (secondary N) is 1. The standard InChI is InChI=1S/C21H24ClNO4/c1-3-6-15(2)23-20(24)14-27-21(25)18-7-4-5-8-19(18)26-13-16-9-11-17(22)12-10-16/h4-5,7-12,15H,3,6,13-14H2,1-2H3,(H,23,24). The van der Waals surface area contributed by atoms with Crippen LogP contribution in [0.4, 0.5) is 0 Å². The maximum Gasteiger partial charge on any atom is 0.342 e. The largest absolute Gasteiger partial charge is 0.488 e. The predicted molar refractivity (Wildman–Crippen MR) is 105 cm³/mol. The van der Waals surface area contributed by atoms with Gasteiger partial charge in [-0.05, 0) is 43.2 Å². The van der Waals surface area contributed by atoms with Gasteiger partial charge in [0.1, 0.15) is 17.9 Å². The van der Waals surface area contributed by atoms with Gasteiger partial charge in [0.25, 0.3) is 5.91 Å². The average molecular weight is 390 g/mol. The van der Waals surface area contributed by atoms with Crippen LogP contribution in [-0.4, -0.2) is 24.5 Å². The Morgan fingerprint density at radius 2 is 1.81 bits per heavy atom. The van der Waals surface area contributed by atoms with Gasteiger partial charge in [-0.1, -0.05) is 49.2 Å². The number of esters is 1. The SMILES string of the molecule is CCCC(C)NC(=O)COC(=O)c1ccccc1OCc1ccc(Cl)cc1. The summed E-state index contributed by atoms with van der Waals surface area (Å²) in [6.45, 7) is 3.93. The number of hydrogen-bond acceptors (Lipinski definition) is 4. The maximum absolute atomic E-state index is 12.3. The van der Waals surface area contributed by atoms with E-state index in [1.165, 1.54) is 0 Å². The minimum absolute atomic E-state index is 0.0520. The Labute approximate surface area is 164 Å². The van der Waals surface area contributed by atoms with Crippen molar-refractivity contribution in [2.75, 3.05) is 6.61 Å². The van der Waals surface area contributed by atoms with Gasteiger partial charge in [0.2, 0.25) is 0 Å². The molecule has 1 amide bonds. The third kappa shape index (κ3) is 6.94. The predicted octanol–water partition coefficient (Wildman–Crippen LogP) is 4.38. The summed E-state index contributed by atoms with van der Waals surface area (Å²) in [5, 5.41) is 3.44. The first-order valence-corrected chi connectivity index (χ1v) is 9.30. The van der Waals surface area contributed by atoms with E-state index in [1.54, 1.807) is 36.4 Å². The lowest BCUT2D eigenvalue weighted by atomic mass is 10.2. The zero-order valence-corrected chi connectivity index (χ0v) is 16.3. The van der Waals surface area contributed by atoms with Crippen LogP contribution in [0.15, 0.2) is 48.5 Å². The van der Waals surface area contributed by atoms with Crippen LogP contribution in [0, 0.1) is 0 Å². The van der Waals surface area contributed by atoms with Crippen molar-refractivity contribution in [1.82, 2.24) is 5.32 Å². The molecule has 0 aliphatic carbocycles. The Balaban J connectivity index is 1.92. The van der Waals surface area contributed by atoms with E-state index < -0.39 is 5.97 Å². The third-order valence-corrected chi connectivity index (χ3v) is 4.13. The van der Waals surface area contributed by atoms with Gasteiger partial charge in [0.15, 0.2) is 6.61 Å². The Hall–Kier alpha value is -2.53. The number of para-hydroxylation sites is 1. The van der Waals surface area contributed by atoms with Gasteiger partial charge in [-0.25, -0.2) is 4.79 Å². The number of hydrogen-bond donors (Lipinski definition) is 1. The van der Waals surface area contributed by atoms with Gasteiger partial charge in [-0.2, -0.15) is 0 Å². The highest BCUT2D eigenvalue weighted by Crippen LogP contribution is 2.21. The molecular formula is C21H24ClNO4. The summed E-state index contributed by atoms with van der Waals surface area (Å²) in [6.07, 6.45) is 1.85. The summed E-state index contributed by atoms with van der Waals surface area (Å²) in [7, 11) is 0. The Morgan fingerprint density at radius 3 is 2.52 bits per heavy atom. The molecule has 6 heteroatoms. The number of carbonyl (C=O) groups is 2. The number of rotatable bonds is 9. The maximum atomic E-state index is 12.3. The minimum atomic E-state index is -0.597. The number of amides is 1. The average Bonchev–Trinajstić information content (AvgIpc) is 2.66. The topological polar surface area (TPSA) is 64.6 Å². The summed E-state index contributed by atoms with van der Waals surface area (Å²) in [5.41, 5.74) is 1.20. The smallest absolute Gasteiger partial charge is 0.342 e. The molecule has 0 aliphatic heterocycles. The molecule has 0 heterocycles. The van der Waals surface area contributed by atoms with Gasteiger partial charge in [0.05, 0.1) is 0 Å². The van der Waals surface area contributed by atoms with E-state index in [1.807, 2.05) is 26.0 Å². The highest BCUT2D eigenvalue weighted by Gasteiger charge is 2.16. The van der Waals surface area contributed by atoms with Crippen LogP contribution in [0.1, 0.15) is 42.6 Å². The van der Waals surface area contributed by atoms with Crippen molar-refractivity contribution >= 4 is 23.5 Å². The molecule has 27 heavy (non-hydrogen) atoms. The van der Waals surface area contributed by atoms with Gasteiger partial charge in [0, 0.05) is 11.1 Å². The van der Waals surface area contributed by atoms with Crippen molar-refractivity contribution in [2.24, 2.45) is 0 Å². The second-order valence-electron chi connectivity index (χ2n) is 6.24.